The Labute approximate surface area is 75.1 Å². The van der Waals surface area contributed by atoms with Gasteiger partial charge in [-0.15, -0.1) is 0 Å². The van der Waals surface area contributed by atoms with Crippen LogP contribution in [0.4, 0.5) is 13.2 Å². The van der Waals surface area contributed by atoms with Crippen LogP contribution in [0.25, 0.3) is 0 Å². The van der Waals surface area contributed by atoms with Crippen LogP contribution in [-0.2, 0) is 9.53 Å². The van der Waals surface area contributed by atoms with Gasteiger partial charge in [0.1, 0.15) is 0 Å². The zero-order valence-corrected chi connectivity index (χ0v) is 7.65. The number of halogens is 3. The maximum absolute atomic E-state index is 11.5. The van der Waals surface area contributed by atoms with Crippen molar-refractivity contribution in [2.24, 2.45) is 5.92 Å². The lowest BCUT2D eigenvalue weighted by Crippen LogP contribution is -2.20. The molecule has 0 aromatic rings. The fraction of sp³-hybridized carbons (Fsp3) is 0.875. The number of carbonyl (C=O) groups excluding carboxylic acids is 1. The maximum atomic E-state index is 11.5. The summed E-state index contributed by atoms with van der Waals surface area (Å²) in [5.41, 5.74) is 0. The van der Waals surface area contributed by atoms with Crippen molar-refractivity contribution in [3.05, 3.63) is 0 Å². The molecule has 2 nitrogen and oxygen atoms in total. The molecule has 0 aliphatic rings. The first-order valence-corrected chi connectivity index (χ1v) is 4.03. The standard InChI is InChI=1S/C8H13F3O2/c1-6(2)3-4-7(12)13-5-8(9,10)11/h6H,3-5H2,1-2H3. The SMILES string of the molecule is CC(C)CCC(=O)OCC(F)(F)F. The highest BCUT2D eigenvalue weighted by Crippen LogP contribution is 2.15. The van der Waals surface area contributed by atoms with Crippen LogP contribution in [0.2, 0.25) is 0 Å². The molecular formula is C8H13F3O2. The van der Waals surface area contributed by atoms with Crippen LogP contribution < -0.4 is 0 Å². The lowest BCUT2D eigenvalue weighted by molar-refractivity contribution is -0.186. The highest BCUT2D eigenvalue weighted by Gasteiger charge is 2.29. The maximum Gasteiger partial charge on any atom is 0.422 e. The van der Waals surface area contributed by atoms with Gasteiger partial charge in [-0.1, -0.05) is 13.8 Å². The molecular weight excluding hydrogens is 185 g/mol. The first-order chi connectivity index (χ1) is 5.81. The molecule has 0 atom stereocenters. The summed E-state index contributed by atoms with van der Waals surface area (Å²) in [6.45, 7) is 2.29. The van der Waals surface area contributed by atoms with Gasteiger partial charge in [0.25, 0.3) is 0 Å². The minimum atomic E-state index is -4.42. The molecule has 78 valence electrons. The van der Waals surface area contributed by atoms with Crippen molar-refractivity contribution in [2.75, 3.05) is 6.61 Å². The van der Waals surface area contributed by atoms with Crippen molar-refractivity contribution in [1.82, 2.24) is 0 Å². The van der Waals surface area contributed by atoms with E-state index in [0.29, 0.717) is 12.3 Å². The largest absolute Gasteiger partial charge is 0.456 e. The molecule has 0 aliphatic heterocycles. The number of carbonyl (C=O) groups is 1. The number of hydrogen-bond acceptors (Lipinski definition) is 2. The Morgan fingerprint density at radius 1 is 1.38 bits per heavy atom. The fourth-order valence-corrected chi connectivity index (χ4v) is 0.641. The molecule has 0 heterocycles. The van der Waals surface area contributed by atoms with E-state index >= 15 is 0 Å². The summed E-state index contributed by atoms with van der Waals surface area (Å²) < 4.78 is 38.6. The van der Waals surface area contributed by atoms with E-state index in [4.69, 9.17) is 0 Å². The van der Waals surface area contributed by atoms with Crippen LogP contribution in [-0.4, -0.2) is 18.8 Å². The second-order valence-electron chi connectivity index (χ2n) is 3.21. The minimum absolute atomic E-state index is 0.0494. The summed E-state index contributed by atoms with van der Waals surface area (Å²) in [7, 11) is 0. The Balaban J connectivity index is 3.53. The molecule has 0 saturated carbocycles. The molecule has 0 aromatic heterocycles. The Morgan fingerprint density at radius 3 is 2.31 bits per heavy atom. The average Bonchev–Trinajstić information content (AvgIpc) is 1.95. The minimum Gasteiger partial charge on any atom is -0.456 e. The van der Waals surface area contributed by atoms with E-state index in [-0.39, 0.29) is 6.42 Å². The van der Waals surface area contributed by atoms with E-state index in [0.717, 1.165) is 0 Å². The smallest absolute Gasteiger partial charge is 0.422 e. The van der Waals surface area contributed by atoms with Crippen LogP contribution in [0.5, 0.6) is 0 Å². The second-order valence-corrected chi connectivity index (χ2v) is 3.21. The average molecular weight is 198 g/mol. The first kappa shape index (κ1) is 12.3. The van der Waals surface area contributed by atoms with Gasteiger partial charge in [-0.2, -0.15) is 13.2 Å². The molecule has 0 saturated heterocycles. The number of rotatable bonds is 4. The van der Waals surface area contributed by atoms with Gasteiger partial charge >= 0.3 is 12.1 Å². The molecule has 0 radical (unpaired) electrons. The van der Waals surface area contributed by atoms with Crippen LogP contribution >= 0.6 is 0 Å². The van der Waals surface area contributed by atoms with Gasteiger partial charge in [0, 0.05) is 6.42 Å². The molecule has 0 bridgehead atoms. The highest BCUT2D eigenvalue weighted by molar-refractivity contribution is 5.69. The first-order valence-electron chi connectivity index (χ1n) is 4.03. The third kappa shape index (κ3) is 9.17. The molecule has 0 aromatic carbocycles. The van der Waals surface area contributed by atoms with Crippen molar-refractivity contribution < 1.29 is 22.7 Å². The van der Waals surface area contributed by atoms with Gasteiger partial charge in [-0.3, -0.25) is 4.79 Å². The van der Waals surface area contributed by atoms with Gasteiger partial charge in [-0.25, -0.2) is 0 Å². The van der Waals surface area contributed by atoms with E-state index in [1.807, 2.05) is 13.8 Å². The van der Waals surface area contributed by atoms with Gasteiger partial charge in [-0.05, 0) is 12.3 Å². The van der Waals surface area contributed by atoms with E-state index in [2.05, 4.69) is 4.74 Å². The lowest BCUT2D eigenvalue weighted by Gasteiger charge is -2.08. The van der Waals surface area contributed by atoms with Crippen LogP contribution in [0, 0.1) is 5.92 Å². The van der Waals surface area contributed by atoms with E-state index in [1.54, 1.807) is 0 Å². The molecule has 0 rings (SSSR count). The van der Waals surface area contributed by atoms with Gasteiger partial charge in [0.2, 0.25) is 0 Å². The van der Waals surface area contributed by atoms with Crippen molar-refractivity contribution in [3.63, 3.8) is 0 Å². The van der Waals surface area contributed by atoms with Crippen LogP contribution in [0.3, 0.4) is 0 Å². The van der Waals surface area contributed by atoms with Gasteiger partial charge in [0.15, 0.2) is 6.61 Å². The van der Waals surface area contributed by atoms with Crippen molar-refractivity contribution in [3.8, 4) is 0 Å². The van der Waals surface area contributed by atoms with E-state index in [9.17, 15) is 18.0 Å². The number of ether oxygens (including phenoxy) is 1. The third-order valence-electron chi connectivity index (χ3n) is 1.32. The summed E-state index contributed by atoms with van der Waals surface area (Å²) in [6.07, 6.45) is -3.82. The van der Waals surface area contributed by atoms with E-state index < -0.39 is 18.8 Å². The summed E-state index contributed by atoms with van der Waals surface area (Å²) >= 11 is 0. The molecule has 0 spiro atoms. The third-order valence-corrected chi connectivity index (χ3v) is 1.32. The molecule has 0 fully saturated rings. The Hall–Kier alpha value is -0.740. The summed E-state index contributed by atoms with van der Waals surface area (Å²) in [5, 5.41) is 0. The monoisotopic (exact) mass is 198 g/mol. The topological polar surface area (TPSA) is 26.3 Å². The lowest BCUT2D eigenvalue weighted by atomic mass is 10.1. The molecule has 0 unspecified atom stereocenters. The second kappa shape index (κ2) is 5.09. The molecule has 0 N–H and O–H groups in total. The van der Waals surface area contributed by atoms with Crippen molar-refractivity contribution in [1.29, 1.82) is 0 Å². The summed E-state index contributed by atoms with van der Waals surface area (Å²) in [4.78, 5) is 10.7. The zero-order chi connectivity index (χ0) is 10.5. The fourth-order valence-electron chi connectivity index (χ4n) is 0.641. The predicted molar refractivity (Wildman–Crippen MR) is 41.1 cm³/mol. The number of hydrogen-bond donors (Lipinski definition) is 0. The van der Waals surface area contributed by atoms with E-state index in [1.165, 1.54) is 0 Å². The summed E-state index contributed by atoms with van der Waals surface area (Å²) in [6, 6.07) is 0. The molecule has 0 aliphatic carbocycles. The number of alkyl halides is 3. The molecule has 13 heavy (non-hydrogen) atoms. The zero-order valence-electron chi connectivity index (χ0n) is 7.65. The van der Waals surface area contributed by atoms with Crippen molar-refractivity contribution >= 4 is 5.97 Å². The Bertz CT molecular complexity index is 163. The predicted octanol–water partition coefficient (Wildman–Crippen LogP) is 2.53. The summed E-state index contributed by atoms with van der Waals surface area (Å²) in [5.74, 6) is -0.496. The normalized spacial score (nSPS) is 11.8. The van der Waals surface area contributed by atoms with Gasteiger partial charge < -0.3 is 4.74 Å². The van der Waals surface area contributed by atoms with Crippen molar-refractivity contribution in [2.45, 2.75) is 32.9 Å². The van der Waals surface area contributed by atoms with Gasteiger partial charge in [0.05, 0.1) is 0 Å². The molecule has 0 amide bonds. The highest BCUT2D eigenvalue weighted by atomic mass is 19.4. The van der Waals surface area contributed by atoms with Crippen LogP contribution in [0.15, 0.2) is 0 Å². The Kier molecular flexibility index (Phi) is 4.80. The number of esters is 1. The van der Waals surface area contributed by atoms with Crippen LogP contribution in [0.1, 0.15) is 26.7 Å². The molecule has 5 heteroatoms. The Morgan fingerprint density at radius 2 is 1.92 bits per heavy atom. The quantitative estimate of drug-likeness (QED) is 0.649.